The van der Waals surface area contributed by atoms with Crippen LogP contribution >= 0.6 is 11.3 Å². The van der Waals surface area contributed by atoms with Gasteiger partial charge in [0.15, 0.2) is 0 Å². The second-order valence-corrected chi connectivity index (χ2v) is 8.01. The van der Waals surface area contributed by atoms with E-state index in [1.54, 1.807) is 0 Å². The molecule has 0 bridgehead atoms. The molecule has 2 atom stereocenters. The van der Waals surface area contributed by atoms with E-state index < -0.39 is 10.0 Å². The van der Waals surface area contributed by atoms with Crippen LogP contribution in [0.2, 0.25) is 0 Å². The monoisotopic (exact) mass is 331 g/mol. The molecule has 21 heavy (non-hydrogen) atoms. The van der Waals surface area contributed by atoms with Crippen LogP contribution in [0.3, 0.4) is 0 Å². The van der Waals surface area contributed by atoms with Crippen LogP contribution in [0, 0.1) is 5.92 Å². The van der Waals surface area contributed by atoms with Crippen molar-refractivity contribution in [1.82, 2.24) is 10.0 Å². The first-order valence-electron chi connectivity index (χ1n) is 7.01. The minimum atomic E-state index is -3.50. The van der Waals surface area contributed by atoms with E-state index >= 15 is 0 Å². The van der Waals surface area contributed by atoms with Crippen molar-refractivity contribution in [2.75, 3.05) is 13.6 Å². The molecule has 1 aromatic heterocycles. The lowest BCUT2D eigenvalue weighted by molar-refractivity contribution is 0.0912. The summed E-state index contributed by atoms with van der Waals surface area (Å²) in [4.78, 5) is 12.8. The van der Waals surface area contributed by atoms with Gasteiger partial charge in [0.05, 0.1) is 9.77 Å². The molecule has 4 N–H and O–H groups in total. The fraction of sp³-hybridized carbons (Fsp3) is 0.615. The van der Waals surface area contributed by atoms with Gasteiger partial charge in [-0.2, -0.15) is 0 Å². The van der Waals surface area contributed by atoms with Gasteiger partial charge in [-0.3, -0.25) is 4.79 Å². The highest BCUT2D eigenvalue weighted by Gasteiger charge is 2.26. The minimum absolute atomic E-state index is 0.0858. The molecule has 0 spiro atoms. The maximum absolute atomic E-state index is 12.2. The number of thiophene rings is 1. The van der Waals surface area contributed by atoms with E-state index in [9.17, 15) is 13.2 Å². The van der Waals surface area contributed by atoms with E-state index in [0.29, 0.717) is 17.3 Å². The van der Waals surface area contributed by atoms with Crippen LogP contribution < -0.4 is 15.8 Å². The molecule has 1 amide bonds. The number of sulfonamides is 1. The normalized spacial score (nSPS) is 23.0. The van der Waals surface area contributed by atoms with Gasteiger partial charge in [0.1, 0.15) is 0 Å². The molecule has 0 aliphatic heterocycles. The number of carbonyl (C=O) groups is 1. The van der Waals surface area contributed by atoms with Crippen LogP contribution in [-0.2, 0) is 10.0 Å². The first-order valence-corrected chi connectivity index (χ1v) is 9.37. The summed E-state index contributed by atoms with van der Waals surface area (Å²) >= 11 is 1.13. The van der Waals surface area contributed by atoms with Crippen molar-refractivity contribution in [3.8, 4) is 0 Å². The zero-order valence-electron chi connectivity index (χ0n) is 12.0. The number of nitrogens with two attached hydrogens (primary N) is 1. The average Bonchev–Trinajstić information content (AvgIpc) is 2.98. The fourth-order valence-electron chi connectivity index (χ4n) is 2.62. The Bertz CT molecular complexity index is 598. The van der Waals surface area contributed by atoms with Gasteiger partial charge in [0, 0.05) is 11.4 Å². The van der Waals surface area contributed by atoms with E-state index in [0.717, 1.165) is 37.0 Å². The molecule has 2 rings (SSSR count). The predicted octanol–water partition coefficient (Wildman–Crippen LogP) is 0.903. The minimum Gasteiger partial charge on any atom is -0.348 e. The largest absolute Gasteiger partial charge is 0.348 e. The van der Waals surface area contributed by atoms with Gasteiger partial charge in [-0.05, 0) is 38.4 Å². The standard InChI is InChI=1S/C13H21N3O3S2/c1-15-21(18,19)10-6-12(20-8-10)13(17)16-11-5-3-2-4-9(11)7-14/h6,8-9,11,15H,2-5,7,14H2,1H3,(H,16,17). The SMILES string of the molecule is CNS(=O)(=O)c1csc(C(=O)NC2CCCCC2CN)c1. The molecule has 1 saturated carbocycles. The van der Waals surface area contributed by atoms with Crippen LogP contribution in [0.1, 0.15) is 35.4 Å². The molecule has 2 unspecified atom stereocenters. The molecule has 0 radical (unpaired) electrons. The molecule has 0 saturated heterocycles. The van der Waals surface area contributed by atoms with Gasteiger partial charge in [-0.25, -0.2) is 13.1 Å². The molecule has 8 heteroatoms. The molecule has 0 aromatic carbocycles. The maximum atomic E-state index is 12.2. The summed E-state index contributed by atoms with van der Waals surface area (Å²) in [5, 5.41) is 4.47. The predicted molar refractivity (Wildman–Crippen MR) is 82.8 cm³/mol. The summed E-state index contributed by atoms with van der Waals surface area (Å²) in [5.41, 5.74) is 5.75. The van der Waals surface area contributed by atoms with Crippen molar-refractivity contribution < 1.29 is 13.2 Å². The van der Waals surface area contributed by atoms with Gasteiger partial charge >= 0.3 is 0 Å². The van der Waals surface area contributed by atoms with Gasteiger partial charge in [0.25, 0.3) is 5.91 Å². The van der Waals surface area contributed by atoms with Crippen LogP contribution in [0.15, 0.2) is 16.3 Å². The second-order valence-electron chi connectivity index (χ2n) is 5.21. The molecular formula is C13H21N3O3S2. The lowest BCUT2D eigenvalue weighted by Gasteiger charge is -2.31. The molecule has 1 aliphatic rings. The molecule has 1 heterocycles. The zero-order valence-corrected chi connectivity index (χ0v) is 13.6. The summed E-state index contributed by atoms with van der Waals surface area (Å²) in [7, 11) is -2.15. The number of hydrogen-bond donors (Lipinski definition) is 3. The molecule has 6 nitrogen and oxygen atoms in total. The third-order valence-corrected chi connectivity index (χ3v) is 6.38. The highest BCUT2D eigenvalue weighted by Crippen LogP contribution is 2.25. The van der Waals surface area contributed by atoms with Gasteiger partial charge < -0.3 is 11.1 Å². The van der Waals surface area contributed by atoms with E-state index in [1.165, 1.54) is 18.5 Å². The topological polar surface area (TPSA) is 101 Å². The van der Waals surface area contributed by atoms with Crippen LogP contribution in [0.5, 0.6) is 0 Å². The lowest BCUT2D eigenvalue weighted by atomic mass is 9.84. The first kappa shape index (κ1) is 16.4. The summed E-state index contributed by atoms with van der Waals surface area (Å²) in [6.07, 6.45) is 4.20. The molecule has 118 valence electrons. The first-order chi connectivity index (χ1) is 9.97. The Labute approximate surface area is 129 Å². The van der Waals surface area contributed by atoms with Crippen molar-refractivity contribution in [3.63, 3.8) is 0 Å². The Hall–Kier alpha value is -0.960. The third kappa shape index (κ3) is 3.82. The number of hydrogen-bond acceptors (Lipinski definition) is 5. The van der Waals surface area contributed by atoms with E-state index in [4.69, 9.17) is 5.73 Å². The number of rotatable bonds is 5. The number of amides is 1. The Morgan fingerprint density at radius 3 is 2.81 bits per heavy atom. The van der Waals surface area contributed by atoms with Crippen LogP contribution in [0.4, 0.5) is 0 Å². The second kappa shape index (κ2) is 6.87. The summed E-state index contributed by atoms with van der Waals surface area (Å²) in [6.45, 7) is 0.564. The van der Waals surface area contributed by atoms with Crippen molar-refractivity contribution in [1.29, 1.82) is 0 Å². The van der Waals surface area contributed by atoms with E-state index in [-0.39, 0.29) is 16.8 Å². The van der Waals surface area contributed by atoms with Gasteiger partial charge in [-0.1, -0.05) is 12.8 Å². The Morgan fingerprint density at radius 2 is 2.14 bits per heavy atom. The molecule has 1 fully saturated rings. The molecular weight excluding hydrogens is 310 g/mol. The number of nitrogens with one attached hydrogen (secondary N) is 2. The lowest BCUT2D eigenvalue weighted by Crippen LogP contribution is -2.44. The number of carbonyl (C=O) groups excluding carboxylic acids is 1. The zero-order chi connectivity index (χ0) is 15.5. The average molecular weight is 331 g/mol. The highest BCUT2D eigenvalue weighted by atomic mass is 32.2. The Kier molecular flexibility index (Phi) is 5.37. The van der Waals surface area contributed by atoms with Crippen LogP contribution in [-0.4, -0.2) is 34.0 Å². The maximum Gasteiger partial charge on any atom is 0.261 e. The van der Waals surface area contributed by atoms with Crippen LogP contribution in [0.25, 0.3) is 0 Å². The van der Waals surface area contributed by atoms with Crippen molar-refractivity contribution in [2.24, 2.45) is 11.7 Å². The molecule has 1 aromatic rings. The van der Waals surface area contributed by atoms with Crippen molar-refractivity contribution in [3.05, 3.63) is 16.3 Å². The molecule has 1 aliphatic carbocycles. The quantitative estimate of drug-likeness (QED) is 0.746. The van der Waals surface area contributed by atoms with Crippen molar-refractivity contribution >= 4 is 27.3 Å². The van der Waals surface area contributed by atoms with E-state index in [2.05, 4.69) is 10.0 Å². The van der Waals surface area contributed by atoms with E-state index in [1.807, 2.05) is 0 Å². The van der Waals surface area contributed by atoms with Crippen molar-refractivity contribution in [2.45, 2.75) is 36.6 Å². The highest BCUT2D eigenvalue weighted by molar-refractivity contribution is 7.89. The third-order valence-electron chi connectivity index (χ3n) is 3.91. The Morgan fingerprint density at radius 1 is 1.43 bits per heavy atom. The fourth-order valence-corrected chi connectivity index (χ4v) is 4.52. The summed E-state index contributed by atoms with van der Waals surface area (Å²) < 4.78 is 25.6. The summed E-state index contributed by atoms with van der Waals surface area (Å²) in [6, 6.07) is 1.49. The van der Waals surface area contributed by atoms with Gasteiger partial charge in [0.2, 0.25) is 10.0 Å². The smallest absolute Gasteiger partial charge is 0.261 e. The Balaban J connectivity index is 2.07. The van der Waals surface area contributed by atoms with Gasteiger partial charge in [-0.15, -0.1) is 11.3 Å². The summed E-state index contributed by atoms with van der Waals surface area (Å²) in [5.74, 6) is 0.0890.